The molecular formula is C13H24N4. The Morgan fingerprint density at radius 1 is 1.47 bits per heavy atom. The number of nitrogens with one attached hydrogen (secondary N) is 2. The average molecular weight is 236 g/mol. The molecule has 1 rings (SSSR count). The molecule has 0 saturated carbocycles. The van der Waals surface area contributed by atoms with Crippen molar-refractivity contribution in [1.29, 1.82) is 0 Å². The number of guanidine groups is 1. The molecule has 96 valence electrons. The third-order valence-electron chi connectivity index (χ3n) is 3.03. The van der Waals surface area contributed by atoms with Gasteiger partial charge in [-0.2, -0.15) is 0 Å². The highest BCUT2D eigenvalue weighted by atomic mass is 15.2. The van der Waals surface area contributed by atoms with Crippen LogP contribution in [0.5, 0.6) is 0 Å². The van der Waals surface area contributed by atoms with Crippen molar-refractivity contribution in [1.82, 2.24) is 15.5 Å². The summed E-state index contributed by atoms with van der Waals surface area (Å²) in [5, 5.41) is 6.30. The van der Waals surface area contributed by atoms with Crippen molar-refractivity contribution in [3.8, 4) is 12.3 Å². The highest BCUT2D eigenvalue weighted by Crippen LogP contribution is 2.15. The summed E-state index contributed by atoms with van der Waals surface area (Å²) in [6.45, 7) is 10.1. The molecule has 17 heavy (non-hydrogen) atoms. The number of rotatable bonds is 5. The van der Waals surface area contributed by atoms with E-state index in [1.807, 2.05) is 0 Å². The monoisotopic (exact) mass is 236 g/mol. The zero-order chi connectivity index (χ0) is 12.5. The van der Waals surface area contributed by atoms with Crippen molar-refractivity contribution in [3.05, 3.63) is 0 Å². The second kappa shape index (κ2) is 7.97. The first-order chi connectivity index (χ1) is 8.30. The van der Waals surface area contributed by atoms with E-state index in [1.54, 1.807) is 0 Å². The molecule has 1 atom stereocenters. The van der Waals surface area contributed by atoms with Crippen molar-refractivity contribution < 1.29 is 0 Å². The van der Waals surface area contributed by atoms with Crippen LogP contribution < -0.4 is 10.6 Å². The van der Waals surface area contributed by atoms with Crippen LogP contribution in [0.1, 0.15) is 20.3 Å². The molecule has 1 aliphatic heterocycles. The van der Waals surface area contributed by atoms with E-state index in [4.69, 9.17) is 6.42 Å². The van der Waals surface area contributed by atoms with E-state index in [9.17, 15) is 0 Å². The molecule has 0 amide bonds. The minimum Gasteiger partial charge on any atom is -0.357 e. The number of aliphatic imine (C=N–C) groups is 1. The van der Waals surface area contributed by atoms with E-state index in [0.717, 1.165) is 25.6 Å². The van der Waals surface area contributed by atoms with Gasteiger partial charge in [0.05, 0.1) is 6.54 Å². The maximum atomic E-state index is 5.23. The summed E-state index contributed by atoms with van der Waals surface area (Å²) in [6.07, 6.45) is 6.48. The summed E-state index contributed by atoms with van der Waals surface area (Å²) in [6, 6.07) is 0. The molecule has 1 aliphatic rings. The molecule has 1 unspecified atom stereocenters. The molecule has 0 aromatic rings. The van der Waals surface area contributed by atoms with Crippen LogP contribution in [0.25, 0.3) is 0 Å². The largest absolute Gasteiger partial charge is 0.357 e. The van der Waals surface area contributed by atoms with Gasteiger partial charge in [-0.25, -0.2) is 0 Å². The zero-order valence-electron chi connectivity index (χ0n) is 11.0. The summed E-state index contributed by atoms with van der Waals surface area (Å²) in [5.74, 6) is 4.09. The lowest BCUT2D eigenvalue weighted by atomic mass is 10.1. The van der Waals surface area contributed by atoms with Crippen molar-refractivity contribution in [2.45, 2.75) is 20.3 Å². The lowest BCUT2D eigenvalue weighted by Crippen LogP contribution is -2.37. The highest BCUT2D eigenvalue weighted by molar-refractivity contribution is 5.79. The van der Waals surface area contributed by atoms with Gasteiger partial charge in [-0.05, 0) is 32.4 Å². The molecule has 0 spiro atoms. The van der Waals surface area contributed by atoms with E-state index >= 15 is 0 Å². The molecule has 1 heterocycles. The molecule has 1 fully saturated rings. The van der Waals surface area contributed by atoms with Gasteiger partial charge in [0.2, 0.25) is 0 Å². The molecule has 4 nitrogen and oxygen atoms in total. The topological polar surface area (TPSA) is 39.7 Å². The first-order valence-electron chi connectivity index (χ1n) is 6.48. The number of terminal acetylenes is 1. The van der Waals surface area contributed by atoms with Gasteiger partial charge in [0.25, 0.3) is 0 Å². The quantitative estimate of drug-likeness (QED) is 0.415. The van der Waals surface area contributed by atoms with Gasteiger partial charge in [0.1, 0.15) is 0 Å². The molecule has 1 saturated heterocycles. The smallest absolute Gasteiger partial charge is 0.192 e. The Morgan fingerprint density at radius 3 is 2.88 bits per heavy atom. The van der Waals surface area contributed by atoms with E-state index in [-0.39, 0.29) is 0 Å². The number of hydrogen-bond acceptors (Lipinski definition) is 2. The maximum absolute atomic E-state index is 5.23. The second-order valence-electron chi connectivity index (χ2n) is 4.33. The standard InChI is InChI=1S/C13H24N4/c1-4-8-15-13(14-5-2)16-10-12-7-9-17(6-3)11-12/h1,12H,5-11H2,2-3H3,(H2,14,15,16). The molecule has 0 bridgehead atoms. The van der Waals surface area contributed by atoms with Gasteiger partial charge in [-0.15, -0.1) is 6.42 Å². The molecule has 0 aromatic carbocycles. The van der Waals surface area contributed by atoms with Gasteiger partial charge in [0, 0.05) is 19.6 Å². The van der Waals surface area contributed by atoms with Crippen molar-refractivity contribution >= 4 is 5.96 Å². The predicted molar refractivity (Wildman–Crippen MR) is 73.0 cm³/mol. The number of hydrogen-bond donors (Lipinski definition) is 2. The lowest BCUT2D eigenvalue weighted by molar-refractivity contribution is 0.343. The number of nitrogens with zero attached hydrogens (tertiary/aromatic N) is 2. The fourth-order valence-corrected chi connectivity index (χ4v) is 2.05. The molecule has 0 aliphatic carbocycles. The Balaban J connectivity index is 2.35. The van der Waals surface area contributed by atoms with Crippen LogP contribution in [-0.4, -0.2) is 50.1 Å². The lowest BCUT2D eigenvalue weighted by Gasteiger charge is -2.13. The predicted octanol–water partition coefficient (Wildman–Crippen LogP) is 0.516. The molecule has 4 heteroatoms. The summed E-state index contributed by atoms with van der Waals surface area (Å²) in [7, 11) is 0. The molecule has 0 radical (unpaired) electrons. The van der Waals surface area contributed by atoms with Gasteiger partial charge < -0.3 is 15.5 Å². The van der Waals surface area contributed by atoms with Gasteiger partial charge in [0.15, 0.2) is 5.96 Å². The van der Waals surface area contributed by atoms with E-state index < -0.39 is 0 Å². The third kappa shape index (κ3) is 5.10. The summed E-state index contributed by atoms with van der Waals surface area (Å²) in [4.78, 5) is 7.05. The minimum atomic E-state index is 0.525. The van der Waals surface area contributed by atoms with Gasteiger partial charge >= 0.3 is 0 Å². The van der Waals surface area contributed by atoms with Crippen LogP contribution in [0.4, 0.5) is 0 Å². The summed E-state index contributed by atoms with van der Waals surface area (Å²) in [5.41, 5.74) is 0. The summed E-state index contributed by atoms with van der Waals surface area (Å²) < 4.78 is 0. The van der Waals surface area contributed by atoms with E-state index in [0.29, 0.717) is 12.5 Å². The van der Waals surface area contributed by atoms with Crippen LogP contribution in [0, 0.1) is 18.3 Å². The maximum Gasteiger partial charge on any atom is 0.192 e. The Labute approximate surface area is 105 Å². The summed E-state index contributed by atoms with van der Waals surface area (Å²) >= 11 is 0. The number of likely N-dealkylation sites (tertiary alicyclic amines) is 1. The molecule has 2 N–H and O–H groups in total. The Hall–Kier alpha value is -1.21. The Morgan fingerprint density at radius 2 is 2.29 bits per heavy atom. The Kier molecular flexibility index (Phi) is 6.49. The zero-order valence-corrected chi connectivity index (χ0v) is 11.0. The van der Waals surface area contributed by atoms with E-state index in [2.05, 4.69) is 40.3 Å². The van der Waals surface area contributed by atoms with Crippen LogP contribution >= 0.6 is 0 Å². The van der Waals surface area contributed by atoms with E-state index in [1.165, 1.54) is 19.5 Å². The van der Waals surface area contributed by atoms with Crippen molar-refractivity contribution in [2.24, 2.45) is 10.9 Å². The minimum absolute atomic E-state index is 0.525. The first-order valence-corrected chi connectivity index (χ1v) is 6.48. The van der Waals surface area contributed by atoms with Crippen LogP contribution in [-0.2, 0) is 0 Å². The van der Waals surface area contributed by atoms with Crippen LogP contribution in [0.15, 0.2) is 4.99 Å². The molecule has 0 aromatic heterocycles. The van der Waals surface area contributed by atoms with Crippen LogP contribution in [0.3, 0.4) is 0 Å². The van der Waals surface area contributed by atoms with Gasteiger partial charge in [-0.1, -0.05) is 12.8 Å². The first kappa shape index (κ1) is 13.9. The average Bonchev–Trinajstić information content (AvgIpc) is 2.80. The Bertz CT molecular complexity index is 280. The third-order valence-corrected chi connectivity index (χ3v) is 3.03. The fourth-order valence-electron chi connectivity index (χ4n) is 2.05. The fraction of sp³-hybridized carbons (Fsp3) is 0.769. The molecular weight excluding hydrogens is 212 g/mol. The van der Waals surface area contributed by atoms with Crippen LogP contribution in [0.2, 0.25) is 0 Å². The van der Waals surface area contributed by atoms with Gasteiger partial charge in [-0.3, -0.25) is 4.99 Å². The van der Waals surface area contributed by atoms with Crippen molar-refractivity contribution in [2.75, 3.05) is 39.3 Å². The normalized spacial score (nSPS) is 21.2. The SMILES string of the molecule is C#CCNC(=NCC1CCN(CC)C1)NCC. The second-order valence-corrected chi connectivity index (χ2v) is 4.33. The highest BCUT2D eigenvalue weighted by Gasteiger charge is 2.20. The van der Waals surface area contributed by atoms with Crippen molar-refractivity contribution in [3.63, 3.8) is 0 Å².